The van der Waals surface area contributed by atoms with Gasteiger partial charge in [0.05, 0.1) is 17.8 Å². The van der Waals surface area contributed by atoms with Crippen LogP contribution < -0.4 is 11.1 Å². The number of thiazole rings is 1. The van der Waals surface area contributed by atoms with Gasteiger partial charge in [-0.3, -0.25) is 20.0 Å². The maximum Gasteiger partial charge on any atom is 0.278 e. The molecule has 3 aromatic heterocycles. The Morgan fingerprint density at radius 3 is 2.67 bits per heavy atom. The highest BCUT2D eigenvalue weighted by atomic mass is 32.1. The molecule has 0 aromatic carbocycles. The summed E-state index contributed by atoms with van der Waals surface area (Å²) < 4.78 is 0. The fourth-order valence-corrected chi connectivity index (χ4v) is 7.09. The van der Waals surface area contributed by atoms with E-state index in [1.807, 2.05) is 4.90 Å². The molecule has 12 heteroatoms. The predicted octanol–water partition coefficient (Wildman–Crippen LogP) is 3.01. The summed E-state index contributed by atoms with van der Waals surface area (Å²) in [6.07, 6.45) is 10.4. The summed E-state index contributed by atoms with van der Waals surface area (Å²) in [5.41, 5.74) is 8.90. The van der Waals surface area contributed by atoms with Gasteiger partial charge in [-0.1, -0.05) is 20.3 Å². The first kappa shape index (κ1) is 25.9. The lowest BCUT2D eigenvalue weighted by Gasteiger charge is -2.40. The van der Waals surface area contributed by atoms with Gasteiger partial charge in [-0.05, 0) is 56.2 Å². The van der Waals surface area contributed by atoms with E-state index in [9.17, 15) is 9.59 Å². The smallest absolute Gasteiger partial charge is 0.278 e. The average molecular weight is 550 g/mol. The summed E-state index contributed by atoms with van der Waals surface area (Å²) in [5.74, 6) is -0.0500. The number of H-pyrrole nitrogens is 1. The fourth-order valence-electron chi connectivity index (χ4n) is 6.30. The topological polar surface area (TPSA) is 146 Å². The highest BCUT2D eigenvalue weighted by molar-refractivity contribution is 7.15. The third-order valence-corrected chi connectivity index (χ3v) is 9.15. The third kappa shape index (κ3) is 5.14. The number of fused-ring (bicyclic) bond motifs is 3. The van der Waals surface area contributed by atoms with E-state index in [0.717, 1.165) is 41.9 Å². The molecule has 0 spiro atoms. The van der Waals surface area contributed by atoms with Crippen LogP contribution in [-0.2, 0) is 23.1 Å². The van der Waals surface area contributed by atoms with E-state index in [-0.39, 0.29) is 23.2 Å². The van der Waals surface area contributed by atoms with Crippen molar-refractivity contribution in [2.24, 2.45) is 0 Å². The van der Waals surface area contributed by atoms with E-state index < -0.39 is 0 Å². The Kier molecular flexibility index (Phi) is 6.84. The van der Waals surface area contributed by atoms with E-state index in [1.54, 1.807) is 12.4 Å². The van der Waals surface area contributed by atoms with Crippen LogP contribution in [0.15, 0.2) is 12.4 Å². The Balaban J connectivity index is 1.09. The number of amides is 2. The van der Waals surface area contributed by atoms with Gasteiger partial charge in [0, 0.05) is 42.0 Å². The lowest BCUT2D eigenvalue weighted by Crippen LogP contribution is -2.48. The molecule has 0 unspecified atom stereocenters. The van der Waals surface area contributed by atoms with Crippen molar-refractivity contribution < 1.29 is 9.59 Å². The van der Waals surface area contributed by atoms with Crippen molar-refractivity contribution in [3.05, 3.63) is 34.1 Å². The van der Waals surface area contributed by atoms with Crippen molar-refractivity contribution in [1.29, 1.82) is 0 Å². The van der Waals surface area contributed by atoms with E-state index in [2.05, 4.69) is 49.2 Å². The Hall–Kier alpha value is -3.38. The second-order valence-electron chi connectivity index (χ2n) is 11.5. The van der Waals surface area contributed by atoms with E-state index >= 15 is 0 Å². The Labute approximate surface area is 231 Å². The summed E-state index contributed by atoms with van der Waals surface area (Å²) in [5, 5.41) is 10.7. The molecule has 0 saturated carbocycles. The maximum absolute atomic E-state index is 13.3. The number of piperidine rings is 2. The Morgan fingerprint density at radius 1 is 1.13 bits per heavy atom. The molecular weight excluding hydrogens is 514 g/mol. The fraction of sp³-hybridized carbons (Fsp3) is 0.556. The predicted molar refractivity (Wildman–Crippen MR) is 150 cm³/mol. The molecule has 2 aliphatic heterocycles. The minimum Gasteiger partial charge on any atom is -0.368 e. The monoisotopic (exact) mass is 549 g/mol. The molecule has 0 atom stereocenters. The number of carbonyl (C=O) groups excluding carboxylic acids is 2. The zero-order chi connectivity index (χ0) is 27.1. The number of rotatable bonds is 5. The molecule has 2 fully saturated rings. The number of nitrogens with two attached hydrogens (primary N) is 1. The molecule has 2 saturated heterocycles. The molecule has 3 aliphatic rings. The van der Waals surface area contributed by atoms with Crippen molar-refractivity contribution in [3.8, 4) is 11.4 Å². The van der Waals surface area contributed by atoms with Crippen LogP contribution >= 0.6 is 11.3 Å². The number of likely N-dealkylation sites (tertiary alicyclic amines) is 2. The minimum absolute atomic E-state index is 0.122. The summed E-state index contributed by atoms with van der Waals surface area (Å²) in [6.45, 7) is 8.15. The second-order valence-corrected chi connectivity index (χ2v) is 12.6. The summed E-state index contributed by atoms with van der Waals surface area (Å²) in [4.78, 5) is 44.6. The van der Waals surface area contributed by atoms with Gasteiger partial charge in [-0.2, -0.15) is 5.10 Å². The molecule has 1 aliphatic carbocycles. The normalized spacial score (nSPS) is 19.4. The number of nitrogen functional groups attached to an aromatic ring is 1. The number of nitrogens with one attached hydrogen (secondary N) is 2. The number of hydrogen-bond acceptors (Lipinski definition) is 9. The highest BCUT2D eigenvalue weighted by Crippen LogP contribution is 2.42. The van der Waals surface area contributed by atoms with Crippen LogP contribution in [0.1, 0.15) is 72.4 Å². The lowest BCUT2D eigenvalue weighted by atomic mass is 9.73. The maximum atomic E-state index is 13.3. The van der Waals surface area contributed by atoms with Gasteiger partial charge >= 0.3 is 0 Å². The third-order valence-electron chi connectivity index (χ3n) is 8.23. The van der Waals surface area contributed by atoms with Gasteiger partial charge in [0.15, 0.2) is 10.8 Å². The van der Waals surface area contributed by atoms with Crippen molar-refractivity contribution in [1.82, 2.24) is 34.9 Å². The molecule has 39 heavy (non-hydrogen) atoms. The summed E-state index contributed by atoms with van der Waals surface area (Å²) in [7, 11) is 0. The van der Waals surface area contributed by atoms with E-state index in [0.29, 0.717) is 41.1 Å². The van der Waals surface area contributed by atoms with Crippen molar-refractivity contribution in [2.75, 3.05) is 37.2 Å². The van der Waals surface area contributed by atoms with Gasteiger partial charge in [0.1, 0.15) is 0 Å². The van der Waals surface area contributed by atoms with Crippen LogP contribution in [0.2, 0.25) is 0 Å². The molecule has 4 N–H and O–H groups in total. The van der Waals surface area contributed by atoms with Gasteiger partial charge < -0.3 is 15.5 Å². The van der Waals surface area contributed by atoms with Crippen LogP contribution in [0.25, 0.3) is 11.4 Å². The highest BCUT2D eigenvalue weighted by Gasteiger charge is 2.38. The van der Waals surface area contributed by atoms with Gasteiger partial charge in [0.2, 0.25) is 11.9 Å². The average Bonchev–Trinajstić information content (AvgIpc) is 3.58. The van der Waals surface area contributed by atoms with E-state index in [1.165, 1.54) is 43.7 Å². The number of aromatic amines is 1. The number of aromatic nitrogens is 5. The quantitative estimate of drug-likeness (QED) is 0.440. The van der Waals surface area contributed by atoms with Gasteiger partial charge in [-0.15, -0.1) is 11.3 Å². The van der Waals surface area contributed by atoms with Crippen LogP contribution in [0, 0.1) is 0 Å². The Bertz CT molecular complexity index is 1380. The summed E-state index contributed by atoms with van der Waals surface area (Å²) >= 11 is 1.33. The molecule has 11 nitrogen and oxygen atoms in total. The number of anilines is 2. The largest absolute Gasteiger partial charge is 0.368 e. The van der Waals surface area contributed by atoms with Gasteiger partial charge in [0.25, 0.3) is 5.91 Å². The molecule has 5 heterocycles. The Morgan fingerprint density at radius 2 is 1.90 bits per heavy atom. The number of hydrogen-bond donors (Lipinski definition) is 3. The second kappa shape index (κ2) is 10.3. The molecular formula is C27H35N9O2S. The first-order chi connectivity index (χ1) is 18.8. The number of nitrogens with zero attached hydrogens (tertiary/aromatic N) is 6. The molecule has 6 rings (SSSR count). The van der Waals surface area contributed by atoms with Crippen LogP contribution in [0.3, 0.4) is 0 Å². The number of carbonyl (C=O) groups is 2. The first-order valence-corrected chi connectivity index (χ1v) is 14.6. The van der Waals surface area contributed by atoms with Crippen molar-refractivity contribution in [2.45, 2.75) is 70.3 Å². The zero-order valence-electron chi connectivity index (χ0n) is 22.5. The molecule has 206 valence electrons. The molecule has 0 bridgehead atoms. The first-order valence-electron chi connectivity index (χ1n) is 13.8. The zero-order valence-corrected chi connectivity index (χ0v) is 23.3. The van der Waals surface area contributed by atoms with E-state index in [4.69, 9.17) is 5.73 Å². The van der Waals surface area contributed by atoms with Gasteiger partial charge in [-0.25, -0.2) is 15.0 Å². The molecule has 0 radical (unpaired) electrons. The van der Waals surface area contributed by atoms with Crippen LogP contribution in [-0.4, -0.2) is 79.0 Å². The summed E-state index contributed by atoms with van der Waals surface area (Å²) in [6, 6.07) is 0.607. The SMILES string of the molecule is CC1(C)Cc2cnc(N)nc2-c2[nH]nc(C(=O)Nc3ncc(CC(=O)N4CCC(N5CCCCC5)CC4)s3)c21. The molecule has 3 aromatic rings. The molecule has 2 amide bonds. The van der Waals surface area contributed by atoms with Crippen molar-refractivity contribution >= 4 is 34.2 Å². The van der Waals surface area contributed by atoms with Crippen molar-refractivity contribution in [3.63, 3.8) is 0 Å². The minimum atomic E-state index is -0.358. The van der Waals surface area contributed by atoms with Crippen LogP contribution in [0.4, 0.5) is 11.1 Å². The standard InChI is InChI=1S/C27H35N9O2S/c1-27(2)13-16-14-29-25(28)31-21(16)22-20(27)23(34-33-22)24(38)32-26-30-15-18(39-26)12-19(37)36-10-6-17(7-11-36)35-8-4-3-5-9-35/h14-15,17H,3-13H2,1-2H3,(H,33,34)(H2,28,29,31)(H,30,32,38). The van der Waals surface area contributed by atoms with Crippen LogP contribution in [0.5, 0.6) is 0 Å². The lowest BCUT2D eigenvalue weighted by molar-refractivity contribution is -0.132.